The second kappa shape index (κ2) is 8.09. The number of halogens is 1. The van der Waals surface area contributed by atoms with E-state index in [2.05, 4.69) is 31.0 Å². The average Bonchev–Trinajstić information content (AvgIpc) is 3.22. The molecule has 1 unspecified atom stereocenters. The maximum absolute atomic E-state index is 12.5. The van der Waals surface area contributed by atoms with Gasteiger partial charge in [0.05, 0.1) is 17.2 Å². The van der Waals surface area contributed by atoms with Crippen LogP contribution in [-0.4, -0.2) is 25.6 Å². The smallest absolute Gasteiger partial charge is 0.271 e. The summed E-state index contributed by atoms with van der Waals surface area (Å²) >= 11 is 6.39. The van der Waals surface area contributed by atoms with Crippen LogP contribution >= 0.6 is 38.6 Å². The molecule has 0 fully saturated rings. The molecule has 3 aromatic rings. The Bertz CT molecular complexity index is 1080. The molecule has 1 amide bonds. The summed E-state index contributed by atoms with van der Waals surface area (Å²) in [5.74, 6) is -0.276. The van der Waals surface area contributed by atoms with Crippen LogP contribution in [0.5, 0.6) is 0 Å². The molecular formula is C17H16BrN3O3S3. The quantitative estimate of drug-likeness (QED) is 0.537. The molecule has 0 bridgehead atoms. The highest BCUT2D eigenvalue weighted by Crippen LogP contribution is 2.32. The van der Waals surface area contributed by atoms with Gasteiger partial charge in [0.2, 0.25) is 10.0 Å². The van der Waals surface area contributed by atoms with Crippen molar-refractivity contribution in [2.75, 3.05) is 11.0 Å². The molecule has 0 spiro atoms. The predicted molar refractivity (Wildman–Crippen MR) is 114 cm³/mol. The van der Waals surface area contributed by atoms with Crippen molar-refractivity contribution in [3.05, 3.63) is 56.8 Å². The molecule has 142 valence electrons. The first-order valence-corrected chi connectivity index (χ1v) is 12.2. The highest BCUT2D eigenvalue weighted by Gasteiger charge is 2.16. The van der Waals surface area contributed by atoms with Crippen LogP contribution in [0.2, 0.25) is 0 Å². The zero-order valence-corrected chi connectivity index (χ0v) is 18.4. The number of amides is 1. The molecule has 2 aromatic heterocycles. The van der Waals surface area contributed by atoms with Gasteiger partial charge in [-0.05, 0) is 46.6 Å². The van der Waals surface area contributed by atoms with E-state index in [9.17, 15) is 13.2 Å². The molecule has 0 saturated heterocycles. The van der Waals surface area contributed by atoms with E-state index in [-0.39, 0.29) is 11.9 Å². The summed E-state index contributed by atoms with van der Waals surface area (Å²) in [6.45, 7) is 1.83. The standard InChI is InChI=1S/C17H16BrN3O3S3/c1-10(11-4-3-5-13(6-11)21-27(2,23)24)19-16(22)14-9-26-17(20-14)15-7-12(18)8-25-15/h3-10,21H,1-2H3,(H,19,22). The van der Waals surface area contributed by atoms with Gasteiger partial charge in [-0.25, -0.2) is 13.4 Å². The van der Waals surface area contributed by atoms with Gasteiger partial charge >= 0.3 is 0 Å². The number of carbonyl (C=O) groups excluding carboxylic acids is 1. The number of thiophene rings is 1. The Hall–Kier alpha value is -1.75. The van der Waals surface area contributed by atoms with E-state index < -0.39 is 10.0 Å². The molecule has 0 radical (unpaired) electrons. The first kappa shape index (κ1) is 20.0. The van der Waals surface area contributed by atoms with Crippen molar-refractivity contribution in [3.8, 4) is 9.88 Å². The van der Waals surface area contributed by atoms with Gasteiger partial charge in [0.25, 0.3) is 5.91 Å². The number of rotatable bonds is 6. The van der Waals surface area contributed by atoms with Gasteiger partial charge in [0.1, 0.15) is 10.7 Å². The Morgan fingerprint density at radius 2 is 2.00 bits per heavy atom. The van der Waals surface area contributed by atoms with Gasteiger partial charge < -0.3 is 5.32 Å². The van der Waals surface area contributed by atoms with E-state index >= 15 is 0 Å². The lowest BCUT2D eigenvalue weighted by Gasteiger charge is -2.15. The van der Waals surface area contributed by atoms with Crippen LogP contribution in [0.25, 0.3) is 9.88 Å². The second-order valence-electron chi connectivity index (χ2n) is 5.86. The monoisotopic (exact) mass is 485 g/mol. The molecule has 27 heavy (non-hydrogen) atoms. The zero-order valence-electron chi connectivity index (χ0n) is 14.4. The predicted octanol–water partition coefficient (Wildman–Crippen LogP) is 4.50. The topological polar surface area (TPSA) is 88.2 Å². The number of carbonyl (C=O) groups is 1. The summed E-state index contributed by atoms with van der Waals surface area (Å²) in [5.41, 5.74) is 1.60. The Balaban J connectivity index is 1.71. The molecule has 1 atom stereocenters. The maximum atomic E-state index is 12.5. The minimum absolute atomic E-state index is 0.276. The van der Waals surface area contributed by atoms with E-state index in [0.717, 1.165) is 26.2 Å². The SMILES string of the molecule is CC(NC(=O)c1csc(-c2cc(Br)cs2)n1)c1cccc(NS(C)(=O)=O)c1. The van der Waals surface area contributed by atoms with E-state index in [0.29, 0.717) is 11.4 Å². The van der Waals surface area contributed by atoms with Crippen molar-refractivity contribution in [2.24, 2.45) is 0 Å². The lowest BCUT2D eigenvalue weighted by Crippen LogP contribution is -2.27. The number of hydrogen-bond acceptors (Lipinski definition) is 6. The molecule has 6 nitrogen and oxygen atoms in total. The molecule has 10 heteroatoms. The Morgan fingerprint density at radius 1 is 1.22 bits per heavy atom. The van der Waals surface area contributed by atoms with Gasteiger partial charge in [-0.2, -0.15) is 0 Å². The van der Waals surface area contributed by atoms with Crippen molar-refractivity contribution in [2.45, 2.75) is 13.0 Å². The number of sulfonamides is 1. The molecule has 0 aliphatic heterocycles. The maximum Gasteiger partial charge on any atom is 0.271 e. The minimum Gasteiger partial charge on any atom is -0.344 e. The van der Waals surface area contributed by atoms with Crippen LogP contribution in [-0.2, 0) is 10.0 Å². The fourth-order valence-corrected chi connectivity index (χ4v) is 5.22. The highest BCUT2D eigenvalue weighted by atomic mass is 79.9. The fraction of sp³-hybridized carbons (Fsp3) is 0.176. The first-order chi connectivity index (χ1) is 12.7. The third kappa shape index (κ3) is 5.38. The van der Waals surface area contributed by atoms with Crippen LogP contribution in [0.3, 0.4) is 0 Å². The second-order valence-corrected chi connectivity index (χ2v) is 10.3. The van der Waals surface area contributed by atoms with Gasteiger partial charge in [-0.3, -0.25) is 9.52 Å². The molecule has 0 aliphatic carbocycles. The van der Waals surface area contributed by atoms with Crippen molar-refractivity contribution in [1.29, 1.82) is 0 Å². The normalized spacial score (nSPS) is 12.6. The van der Waals surface area contributed by atoms with Gasteiger partial charge in [-0.15, -0.1) is 22.7 Å². The van der Waals surface area contributed by atoms with Gasteiger partial charge in [-0.1, -0.05) is 12.1 Å². The lowest BCUT2D eigenvalue weighted by atomic mass is 10.1. The third-order valence-electron chi connectivity index (χ3n) is 3.55. The summed E-state index contributed by atoms with van der Waals surface area (Å²) in [6.07, 6.45) is 1.09. The minimum atomic E-state index is -3.36. The summed E-state index contributed by atoms with van der Waals surface area (Å²) in [7, 11) is -3.36. The van der Waals surface area contributed by atoms with Crippen LogP contribution in [0.15, 0.2) is 45.6 Å². The molecular weight excluding hydrogens is 470 g/mol. The van der Waals surface area contributed by atoms with E-state index in [1.807, 2.05) is 24.4 Å². The number of anilines is 1. The van der Waals surface area contributed by atoms with Crippen LogP contribution < -0.4 is 10.0 Å². The van der Waals surface area contributed by atoms with E-state index in [1.54, 1.807) is 34.9 Å². The average molecular weight is 486 g/mol. The number of hydrogen-bond donors (Lipinski definition) is 2. The Kier molecular flexibility index (Phi) is 5.99. The van der Waals surface area contributed by atoms with Gasteiger partial charge in [0.15, 0.2) is 0 Å². The van der Waals surface area contributed by atoms with Crippen LogP contribution in [0, 0.1) is 0 Å². The van der Waals surface area contributed by atoms with Crippen molar-refractivity contribution in [1.82, 2.24) is 10.3 Å². The number of aromatic nitrogens is 1. The lowest BCUT2D eigenvalue weighted by molar-refractivity contribution is 0.0935. The molecule has 3 rings (SSSR count). The number of thiazole rings is 1. The summed E-state index contributed by atoms with van der Waals surface area (Å²) in [6, 6.07) is 8.58. The number of nitrogens with one attached hydrogen (secondary N) is 2. The van der Waals surface area contributed by atoms with E-state index in [4.69, 9.17) is 0 Å². The van der Waals surface area contributed by atoms with Crippen molar-refractivity contribution < 1.29 is 13.2 Å². The summed E-state index contributed by atoms with van der Waals surface area (Å²) < 4.78 is 26.2. The molecule has 1 aromatic carbocycles. The largest absolute Gasteiger partial charge is 0.344 e. The number of nitrogens with zero attached hydrogens (tertiary/aromatic N) is 1. The van der Waals surface area contributed by atoms with Crippen LogP contribution in [0.1, 0.15) is 29.0 Å². The molecule has 0 saturated carbocycles. The van der Waals surface area contributed by atoms with Crippen LogP contribution in [0.4, 0.5) is 5.69 Å². The summed E-state index contributed by atoms with van der Waals surface area (Å²) in [4.78, 5) is 17.9. The fourth-order valence-electron chi connectivity index (χ4n) is 2.36. The van der Waals surface area contributed by atoms with Crippen molar-refractivity contribution >= 4 is 60.2 Å². The molecule has 2 heterocycles. The zero-order chi connectivity index (χ0) is 19.6. The third-order valence-corrected chi connectivity index (χ3v) is 6.86. The van der Waals surface area contributed by atoms with E-state index in [1.165, 1.54) is 11.3 Å². The molecule has 2 N–H and O–H groups in total. The van der Waals surface area contributed by atoms with Crippen molar-refractivity contribution in [3.63, 3.8) is 0 Å². The Labute approximate surface area is 173 Å². The Morgan fingerprint density at radius 3 is 2.67 bits per heavy atom. The number of benzene rings is 1. The molecule has 0 aliphatic rings. The first-order valence-electron chi connectivity index (χ1n) is 7.80. The highest BCUT2D eigenvalue weighted by molar-refractivity contribution is 9.10. The summed E-state index contributed by atoms with van der Waals surface area (Å²) in [5, 5.41) is 7.39. The van der Waals surface area contributed by atoms with Gasteiger partial charge in [0, 0.05) is 20.9 Å².